The summed E-state index contributed by atoms with van der Waals surface area (Å²) >= 11 is 0. The van der Waals surface area contributed by atoms with Crippen molar-refractivity contribution in [1.29, 1.82) is 0 Å². The van der Waals surface area contributed by atoms with E-state index in [1.807, 2.05) is 0 Å². The van der Waals surface area contributed by atoms with Gasteiger partial charge in [-0.15, -0.1) is 0 Å². The number of hydrogen-bond donors (Lipinski definition) is 6. The van der Waals surface area contributed by atoms with Gasteiger partial charge in [0, 0.05) is 13.0 Å². The van der Waals surface area contributed by atoms with Crippen molar-refractivity contribution in [3.05, 3.63) is 21.7 Å². The Bertz CT molecular complexity index is 643. The standard InChI is InChI=1S/C15H26N4O7/c1-15(6-9(20)14(23)26-15)11-13(22)19-12(21)10(18-11)8(17)7-25-5-4-24-3-2-16/h8-9,14,20,23H,2-7,16-17H2,1H3,(H2,19,21,22). The van der Waals surface area contributed by atoms with Gasteiger partial charge in [0.1, 0.15) is 23.1 Å². The Morgan fingerprint density at radius 2 is 2.08 bits per heavy atom. The molecular weight excluding hydrogens is 348 g/mol. The Morgan fingerprint density at radius 3 is 2.69 bits per heavy atom. The molecule has 0 saturated carbocycles. The van der Waals surface area contributed by atoms with Gasteiger partial charge in [0.2, 0.25) is 5.88 Å². The number of aromatic nitrogens is 2. The van der Waals surface area contributed by atoms with E-state index in [2.05, 4.69) is 9.97 Å². The first-order chi connectivity index (χ1) is 12.3. The fourth-order valence-corrected chi connectivity index (χ4v) is 2.71. The molecule has 0 amide bonds. The normalized spacial score (nSPS) is 27.0. The van der Waals surface area contributed by atoms with Gasteiger partial charge in [-0.05, 0) is 6.92 Å². The van der Waals surface area contributed by atoms with Crippen LogP contribution in [0.4, 0.5) is 0 Å². The number of nitrogens with zero attached hydrogens (tertiary/aromatic N) is 1. The van der Waals surface area contributed by atoms with E-state index < -0.39 is 35.5 Å². The molecule has 0 bridgehead atoms. The van der Waals surface area contributed by atoms with E-state index in [1.165, 1.54) is 6.92 Å². The van der Waals surface area contributed by atoms with E-state index in [0.29, 0.717) is 19.8 Å². The van der Waals surface area contributed by atoms with Crippen molar-refractivity contribution >= 4 is 0 Å². The molecule has 1 aliphatic heterocycles. The van der Waals surface area contributed by atoms with E-state index in [9.17, 15) is 20.1 Å². The molecule has 1 saturated heterocycles. The van der Waals surface area contributed by atoms with E-state index in [4.69, 9.17) is 25.7 Å². The van der Waals surface area contributed by atoms with Crippen LogP contribution in [-0.2, 0) is 19.8 Å². The van der Waals surface area contributed by atoms with Gasteiger partial charge in [0.05, 0.1) is 32.5 Å². The summed E-state index contributed by atoms with van der Waals surface area (Å²) in [5.74, 6) is -0.475. The maximum absolute atomic E-state index is 12.2. The van der Waals surface area contributed by atoms with Gasteiger partial charge >= 0.3 is 0 Å². The summed E-state index contributed by atoms with van der Waals surface area (Å²) in [4.78, 5) is 18.5. The van der Waals surface area contributed by atoms with Crippen LogP contribution < -0.4 is 17.0 Å². The largest absolute Gasteiger partial charge is 0.493 e. The lowest BCUT2D eigenvalue weighted by atomic mass is 9.97. The van der Waals surface area contributed by atoms with E-state index in [-0.39, 0.29) is 31.0 Å². The summed E-state index contributed by atoms with van der Waals surface area (Å²) in [6.07, 6.45) is -2.61. The van der Waals surface area contributed by atoms with Gasteiger partial charge < -0.3 is 41.0 Å². The van der Waals surface area contributed by atoms with Crippen LogP contribution in [0.15, 0.2) is 4.79 Å². The third kappa shape index (κ3) is 4.76. The minimum Gasteiger partial charge on any atom is -0.493 e. The predicted octanol–water partition coefficient (Wildman–Crippen LogP) is -2.22. The van der Waals surface area contributed by atoms with Crippen molar-refractivity contribution in [3.63, 3.8) is 0 Å². The first kappa shape index (κ1) is 20.7. The molecule has 11 nitrogen and oxygen atoms in total. The van der Waals surface area contributed by atoms with Crippen LogP contribution in [0, 0.1) is 0 Å². The zero-order chi connectivity index (χ0) is 19.3. The SMILES string of the molecule is CC1(c2nc(C(N)COCCOCCN)c(O)[nH]c2=O)CC(O)C(O)O1. The second-order valence-corrected chi connectivity index (χ2v) is 6.24. The highest BCUT2D eigenvalue weighted by atomic mass is 16.6. The molecule has 1 fully saturated rings. The van der Waals surface area contributed by atoms with Gasteiger partial charge in [-0.1, -0.05) is 0 Å². The highest BCUT2D eigenvalue weighted by molar-refractivity contribution is 5.25. The first-order valence-corrected chi connectivity index (χ1v) is 8.27. The monoisotopic (exact) mass is 374 g/mol. The van der Waals surface area contributed by atoms with Crippen LogP contribution in [0.3, 0.4) is 0 Å². The smallest absolute Gasteiger partial charge is 0.275 e. The van der Waals surface area contributed by atoms with Gasteiger partial charge in [-0.25, -0.2) is 4.98 Å². The second-order valence-electron chi connectivity index (χ2n) is 6.24. The van der Waals surface area contributed by atoms with Gasteiger partial charge in [-0.3, -0.25) is 9.78 Å². The molecule has 148 valence electrons. The molecule has 1 aliphatic rings. The number of ether oxygens (including phenoxy) is 3. The molecule has 0 aliphatic carbocycles. The quantitative estimate of drug-likeness (QED) is 0.259. The van der Waals surface area contributed by atoms with Gasteiger partial charge in [0.25, 0.3) is 5.56 Å². The Balaban J connectivity index is 2.09. The molecule has 8 N–H and O–H groups in total. The van der Waals surface area contributed by atoms with Crippen LogP contribution in [-0.4, -0.2) is 70.7 Å². The Hall–Kier alpha value is -1.60. The summed E-state index contributed by atoms with van der Waals surface area (Å²) in [5, 5.41) is 29.2. The molecule has 4 unspecified atom stereocenters. The number of rotatable bonds is 9. The maximum Gasteiger partial charge on any atom is 0.275 e. The topological polar surface area (TPSA) is 186 Å². The third-order valence-electron chi connectivity index (χ3n) is 4.01. The molecular formula is C15H26N4O7. The van der Waals surface area contributed by atoms with Crippen molar-refractivity contribution in [2.24, 2.45) is 11.5 Å². The summed E-state index contributed by atoms with van der Waals surface area (Å²) in [7, 11) is 0. The van der Waals surface area contributed by atoms with Gasteiger partial charge in [0.15, 0.2) is 6.29 Å². The van der Waals surface area contributed by atoms with Crippen molar-refractivity contribution < 1.29 is 29.5 Å². The highest BCUT2D eigenvalue weighted by Gasteiger charge is 2.46. The van der Waals surface area contributed by atoms with Crippen LogP contribution >= 0.6 is 0 Å². The molecule has 2 rings (SSSR count). The summed E-state index contributed by atoms with van der Waals surface area (Å²) in [5.41, 5.74) is 9.19. The number of nitrogens with one attached hydrogen (secondary N) is 1. The zero-order valence-corrected chi connectivity index (χ0v) is 14.6. The number of H-pyrrole nitrogens is 1. The van der Waals surface area contributed by atoms with Gasteiger partial charge in [-0.2, -0.15) is 0 Å². The molecule has 1 aromatic rings. The molecule has 0 spiro atoms. The van der Waals surface area contributed by atoms with Crippen molar-refractivity contribution in [1.82, 2.24) is 9.97 Å². The molecule has 26 heavy (non-hydrogen) atoms. The fourth-order valence-electron chi connectivity index (χ4n) is 2.71. The lowest BCUT2D eigenvalue weighted by Crippen LogP contribution is -2.34. The van der Waals surface area contributed by atoms with Crippen LogP contribution in [0.5, 0.6) is 5.88 Å². The first-order valence-electron chi connectivity index (χ1n) is 8.27. The number of nitrogens with two attached hydrogens (primary N) is 2. The lowest BCUT2D eigenvalue weighted by Gasteiger charge is -2.23. The molecule has 11 heteroatoms. The molecule has 4 atom stereocenters. The molecule has 0 radical (unpaired) electrons. The Kier molecular flexibility index (Phi) is 7.06. The second kappa shape index (κ2) is 8.86. The van der Waals surface area contributed by atoms with Crippen LogP contribution in [0.1, 0.15) is 30.8 Å². The average molecular weight is 374 g/mol. The fraction of sp³-hybridized carbons (Fsp3) is 0.733. The zero-order valence-electron chi connectivity index (χ0n) is 14.6. The number of hydrogen-bond acceptors (Lipinski definition) is 10. The predicted molar refractivity (Wildman–Crippen MR) is 89.2 cm³/mol. The third-order valence-corrected chi connectivity index (χ3v) is 4.01. The number of aliphatic hydroxyl groups is 2. The average Bonchev–Trinajstić information content (AvgIpc) is 2.83. The number of aromatic hydroxyl groups is 1. The van der Waals surface area contributed by atoms with E-state index >= 15 is 0 Å². The Morgan fingerprint density at radius 1 is 1.38 bits per heavy atom. The molecule has 1 aromatic heterocycles. The molecule has 2 heterocycles. The minimum atomic E-state index is -1.43. The maximum atomic E-state index is 12.2. The van der Waals surface area contributed by atoms with E-state index in [0.717, 1.165) is 0 Å². The number of aliphatic hydroxyl groups excluding tert-OH is 2. The van der Waals surface area contributed by atoms with Crippen molar-refractivity contribution in [2.75, 3.05) is 33.0 Å². The van der Waals surface area contributed by atoms with E-state index in [1.54, 1.807) is 0 Å². The summed E-state index contributed by atoms with van der Waals surface area (Å²) < 4.78 is 15.8. The van der Waals surface area contributed by atoms with Crippen molar-refractivity contribution in [3.8, 4) is 5.88 Å². The Labute approximate surface area is 149 Å². The number of aromatic amines is 1. The lowest BCUT2D eigenvalue weighted by molar-refractivity contribution is -0.158. The minimum absolute atomic E-state index is 0.0168. The van der Waals surface area contributed by atoms with Crippen molar-refractivity contribution in [2.45, 2.75) is 37.4 Å². The van der Waals surface area contributed by atoms with Crippen LogP contribution in [0.25, 0.3) is 0 Å². The van der Waals surface area contributed by atoms with Crippen LogP contribution in [0.2, 0.25) is 0 Å². The highest BCUT2D eigenvalue weighted by Crippen LogP contribution is 2.36. The summed E-state index contributed by atoms with van der Waals surface area (Å²) in [6.45, 7) is 3.02. The molecule has 0 aromatic carbocycles. The summed E-state index contributed by atoms with van der Waals surface area (Å²) in [6, 6.07) is -0.819.